The van der Waals surface area contributed by atoms with E-state index in [-0.39, 0.29) is 28.3 Å². The average molecular weight is 500 g/mol. The molecular weight excluding hydrogens is 474 g/mol. The SMILES string of the molecule is Cc1ccc(N(C(=O)c2snc(C(N)=O)c2N)[C@H](C(=O)NC[C@H]2CCCO2)c2cccs2)cc1. The van der Waals surface area contributed by atoms with Gasteiger partial charge in [-0.05, 0) is 54.9 Å². The lowest BCUT2D eigenvalue weighted by Gasteiger charge is -2.30. The van der Waals surface area contributed by atoms with Crippen molar-refractivity contribution in [1.82, 2.24) is 9.69 Å². The summed E-state index contributed by atoms with van der Waals surface area (Å²) in [5, 5.41) is 4.80. The van der Waals surface area contributed by atoms with Gasteiger partial charge in [0.15, 0.2) is 11.7 Å². The predicted molar refractivity (Wildman–Crippen MR) is 132 cm³/mol. The second-order valence-corrected chi connectivity index (χ2v) is 9.70. The van der Waals surface area contributed by atoms with Crippen LogP contribution in [0.1, 0.15) is 49.5 Å². The lowest BCUT2D eigenvalue weighted by molar-refractivity contribution is -0.122. The van der Waals surface area contributed by atoms with Gasteiger partial charge in [-0.15, -0.1) is 11.3 Å². The summed E-state index contributed by atoms with van der Waals surface area (Å²) in [6, 6.07) is 9.92. The highest BCUT2D eigenvalue weighted by atomic mass is 32.1. The topological polar surface area (TPSA) is 141 Å². The van der Waals surface area contributed by atoms with Crippen molar-refractivity contribution in [2.24, 2.45) is 5.73 Å². The van der Waals surface area contributed by atoms with Gasteiger partial charge in [0.05, 0.1) is 11.8 Å². The number of anilines is 2. The number of aryl methyl sites for hydroxylation is 1. The lowest BCUT2D eigenvalue weighted by atomic mass is 10.1. The van der Waals surface area contributed by atoms with Crippen LogP contribution in [0.15, 0.2) is 41.8 Å². The number of ether oxygens (including phenoxy) is 1. The highest BCUT2D eigenvalue weighted by Crippen LogP contribution is 2.34. The molecule has 4 rings (SSSR count). The molecule has 1 aromatic carbocycles. The van der Waals surface area contributed by atoms with Crippen molar-refractivity contribution >= 4 is 52.0 Å². The van der Waals surface area contributed by atoms with E-state index in [0.717, 1.165) is 29.9 Å². The van der Waals surface area contributed by atoms with Gasteiger partial charge in [0.1, 0.15) is 4.88 Å². The number of nitrogens with one attached hydrogen (secondary N) is 1. The Morgan fingerprint density at radius 3 is 2.62 bits per heavy atom. The molecule has 0 radical (unpaired) electrons. The zero-order valence-corrected chi connectivity index (χ0v) is 20.2. The third kappa shape index (κ3) is 4.96. The summed E-state index contributed by atoms with van der Waals surface area (Å²) in [5.41, 5.74) is 12.7. The Hall–Kier alpha value is -3.28. The van der Waals surface area contributed by atoms with Crippen molar-refractivity contribution in [1.29, 1.82) is 0 Å². The second-order valence-electron chi connectivity index (χ2n) is 7.95. The molecule has 0 bridgehead atoms. The monoisotopic (exact) mass is 499 g/mol. The number of carbonyl (C=O) groups is 3. The maximum absolute atomic E-state index is 13.9. The molecule has 3 aromatic rings. The number of rotatable bonds is 8. The highest BCUT2D eigenvalue weighted by molar-refractivity contribution is 7.10. The molecule has 0 spiro atoms. The van der Waals surface area contributed by atoms with Gasteiger partial charge >= 0.3 is 0 Å². The van der Waals surface area contributed by atoms with Crippen LogP contribution in [0, 0.1) is 6.92 Å². The predicted octanol–water partition coefficient (Wildman–Crippen LogP) is 2.88. The summed E-state index contributed by atoms with van der Waals surface area (Å²) in [4.78, 5) is 41.2. The first-order valence-corrected chi connectivity index (χ1v) is 12.4. The van der Waals surface area contributed by atoms with E-state index in [1.54, 1.807) is 18.2 Å². The molecule has 3 heterocycles. The third-order valence-corrected chi connectivity index (χ3v) is 7.31. The number of nitrogens with two attached hydrogens (primary N) is 2. The van der Waals surface area contributed by atoms with Gasteiger partial charge in [-0.25, -0.2) is 0 Å². The van der Waals surface area contributed by atoms with E-state index in [2.05, 4.69) is 9.69 Å². The summed E-state index contributed by atoms with van der Waals surface area (Å²) in [6.45, 7) is 2.96. The lowest BCUT2D eigenvalue weighted by Crippen LogP contribution is -2.45. The zero-order chi connectivity index (χ0) is 24.2. The summed E-state index contributed by atoms with van der Waals surface area (Å²) in [7, 11) is 0. The molecule has 1 aliphatic rings. The average Bonchev–Trinajstić information content (AvgIpc) is 3.58. The van der Waals surface area contributed by atoms with Crippen LogP contribution < -0.4 is 21.7 Å². The van der Waals surface area contributed by atoms with Crippen molar-refractivity contribution in [3.63, 3.8) is 0 Å². The number of aromatic nitrogens is 1. The number of nitrogen functional groups attached to an aromatic ring is 1. The van der Waals surface area contributed by atoms with Gasteiger partial charge in [0.2, 0.25) is 5.91 Å². The standard InChI is InChI=1S/C23H25N5O4S2/c1-13-6-8-14(9-7-13)28(23(31)20-17(24)18(21(25)29)27-34-20)19(16-5-3-11-33-16)22(30)26-12-15-4-2-10-32-15/h3,5-9,11,15,19H,2,4,10,12,24H2,1H3,(H2,25,29)(H,26,30)/t15-,19+/m1/s1. The maximum Gasteiger partial charge on any atom is 0.273 e. The minimum absolute atomic E-state index is 0.0443. The van der Waals surface area contributed by atoms with E-state index in [1.165, 1.54) is 16.2 Å². The van der Waals surface area contributed by atoms with Crippen molar-refractivity contribution in [2.45, 2.75) is 31.9 Å². The molecule has 1 saturated heterocycles. The Bertz CT molecular complexity index is 1170. The van der Waals surface area contributed by atoms with Gasteiger partial charge in [-0.2, -0.15) is 4.37 Å². The van der Waals surface area contributed by atoms with Gasteiger partial charge < -0.3 is 21.5 Å². The molecule has 0 saturated carbocycles. The molecule has 0 unspecified atom stereocenters. The Labute approximate surface area is 204 Å². The molecule has 5 N–H and O–H groups in total. The van der Waals surface area contributed by atoms with E-state index in [4.69, 9.17) is 16.2 Å². The number of primary amides is 1. The normalized spacial score (nSPS) is 16.2. The molecule has 1 fully saturated rings. The fraction of sp³-hybridized carbons (Fsp3) is 0.304. The second kappa shape index (κ2) is 10.3. The number of carbonyl (C=O) groups excluding carboxylic acids is 3. The summed E-state index contributed by atoms with van der Waals surface area (Å²) < 4.78 is 9.59. The van der Waals surface area contributed by atoms with Gasteiger partial charge in [0.25, 0.3) is 11.8 Å². The van der Waals surface area contributed by atoms with Crippen LogP contribution in [0.3, 0.4) is 0 Å². The Morgan fingerprint density at radius 2 is 2.03 bits per heavy atom. The quantitative estimate of drug-likeness (QED) is 0.435. The molecule has 3 amide bonds. The molecule has 178 valence electrons. The molecular formula is C23H25N5O4S2. The van der Waals surface area contributed by atoms with Crippen molar-refractivity contribution in [3.8, 4) is 0 Å². The van der Waals surface area contributed by atoms with Crippen LogP contribution in [0.4, 0.5) is 11.4 Å². The van der Waals surface area contributed by atoms with Gasteiger partial charge in [-0.1, -0.05) is 23.8 Å². The first-order chi connectivity index (χ1) is 16.4. The third-order valence-electron chi connectivity index (χ3n) is 5.53. The fourth-order valence-electron chi connectivity index (χ4n) is 3.76. The van der Waals surface area contributed by atoms with Crippen LogP contribution in [0.2, 0.25) is 0 Å². The van der Waals surface area contributed by atoms with Crippen LogP contribution in [-0.4, -0.2) is 41.4 Å². The highest BCUT2D eigenvalue weighted by Gasteiger charge is 2.36. The largest absolute Gasteiger partial charge is 0.395 e. The van der Waals surface area contributed by atoms with E-state index >= 15 is 0 Å². The minimum Gasteiger partial charge on any atom is -0.395 e. The molecule has 2 atom stereocenters. The number of amides is 3. The van der Waals surface area contributed by atoms with E-state index in [9.17, 15) is 14.4 Å². The summed E-state index contributed by atoms with van der Waals surface area (Å²) >= 11 is 2.15. The molecule has 9 nitrogen and oxygen atoms in total. The maximum atomic E-state index is 13.9. The van der Waals surface area contributed by atoms with Crippen molar-refractivity contribution < 1.29 is 19.1 Å². The number of nitrogens with zero attached hydrogens (tertiary/aromatic N) is 2. The van der Waals surface area contributed by atoms with Gasteiger partial charge in [-0.3, -0.25) is 19.3 Å². The summed E-state index contributed by atoms with van der Waals surface area (Å²) in [6.07, 6.45) is 1.78. The van der Waals surface area contributed by atoms with Gasteiger partial charge in [0, 0.05) is 23.7 Å². The Kier molecular flexibility index (Phi) is 7.25. The van der Waals surface area contributed by atoms with Crippen LogP contribution in [-0.2, 0) is 9.53 Å². The Morgan fingerprint density at radius 1 is 1.26 bits per heavy atom. The fourth-order valence-corrected chi connectivity index (χ4v) is 5.32. The minimum atomic E-state index is -0.963. The van der Waals surface area contributed by atoms with E-state index in [1.807, 2.05) is 30.5 Å². The molecule has 11 heteroatoms. The summed E-state index contributed by atoms with van der Waals surface area (Å²) in [5.74, 6) is -1.71. The van der Waals surface area contributed by atoms with E-state index < -0.39 is 17.9 Å². The number of hydrogen-bond acceptors (Lipinski definition) is 8. The van der Waals surface area contributed by atoms with Crippen molar-refractivity contribution in [2.75, 3.05) is 23.8 Å². The molecule has 1 aliphatic heterocycles. The molecule has 34 heavy (non-hydrogen) atoms. The first-order valence-electron chi connectivity index (χ1n) is 10.7. The van der Waals surface area contributed by atoms with Crippen LogP contribution in [0.25, 0.3) is 0 Å². The number of hydrogen-bond donors (Lipinski definition) is 3. The first kappa shape index (κ1) is 23.9. The van der Waals surface area contributed by atoms with Crippen LogP contribution >= 0.6 is 22.9 Å². The number of thiophene rings is 1. The van der Waals surface area contributed by atoms with Crippen LogP contribution in [0.5, 0.6) is 0 Å². The molecule has 0 aliphatic carbocycles. The zero-order valence-electron chi connectivity index (χ0n) is 18.5. The Balaban J connectivity index is 1.75. The van der Waals surface area contributed by atoms with Crippen molar-refractivity contribution in [3.05, 3.63) is 62.8 Å². The number of benzene rings is 1. The molecule has 2 aromatic heterocycles. The van der Waals surface area contributed by atoms with E-state index in [0.29, 0.717) is 23.7 Å². The smallest absolute Gasteiger partial charge is 0.273 e.